The van der Waals surface area contributed by atoms with E-state index in [1.807, 2.05) is 24.3 Å². The summed E-state index contributed by atoms with van der Waals surface area (Å²) >= 11 is 0. The van der Waals surface area contributed by atoms with Crippen LogP contribution in [-0.2, 0) is 34.2 Å². The molecule has 1 aliphatic carbocycles. The third kappa shape index (κ3) is 4.29. The van der Waals surface area contributed by atoms with Gasteiger partial charge in [0.2, 0.25) is 10.0 Å². The Morgan fingerprint density at radius 3 is 2.27 bits per heavy atom. The molecule has 2 aliphatic rings. The number of carbonyl (C=O) groups excluding carboxylic acids is 1. The second kappa shape index (κ2) is 8.88. The Morgan fingerprint density at radius 2 is 1.60 bits per heavy atom. The first-order valence-electron chi connectivity index (χ1n) is 10.5. The second-order valence-corrected chi connectivity index (χ2v) is 9.90. The number of hydrogen-bond acceptors (Lipinski definition) is 4. The van der Waals surface area contributed by atoms with Crippen LogP contribution < -0.4 is 0 Å². The Balaban J connectivity index is 1.41. The molecule has 2 aromatic rings. The molecule has 4 rings (SSSR count). The van der Waals surface area contributed by atoms with Crippen LogP contribution in [0.3, 0.4) is 0 Å². The Labute approximate surface area is 178 Å². The van der Waals surface area contributed by atoms with Crippen LogP contribution in [0.4, 0.5) is 0 Å². The molecule has 1 saturated heterocycles. The van der Waals surface area contributed by atoms with E-state index < -0.39 is 10.0 Å². The Bertz CT molecular complexity index is 1010. The summed E-state index contributed by atoms with van der Waals surface area (Å²) < 4.78 is 32.9. The van der Waals surface area contributed by atoms with Gasteiger partial charge in [-0.3, -0.25) is 4.79 Å². The first-order valence-corrected chi connectivity index (χ1v) is 11.9. The molecule has 0 N–H and O–H groups in total. The fourth-order valence-electron chi connectivity index (χ4n) is 4.24. The number of carbonyl (C=O) groups is 1. The van der Waals surface area contributed by atoms with E-state index in [4.69, 9.17) is 4.74 Å². The van der Waals surface area contributed by atoms with Crippen LogP contribution in [0, 0.1) is 0 Å². The highest BCUT2D eigenvalue weighted by Gasteiger charge is 2.31. The van der Waals surface area contributed by atoms with Crippen molar-refractivity contribution < 1.29 is 17.9 Å². The number of fused-ring (bicyclic) bond motifs is 1. The molecule has 0 atom stereocenters. The summed E-state index contributed by atoms with van der Waals surface area (Å²) in [5, 5.41) is 0. The number of amides is 1. The van der Waals surface area contributed by atoms with Gasteiger partial charge >= 0.3 is 0 Å². The summed E-state index contributed by atoms with van der Waals surface area (Å²) in [7, 11) is -1.90. The van der Waals surface area contributed by atoms with Crippen molar-refractivity contribution in [1.29, 1.82) is 0 Å². The summed E-state index contributed by atoms with van der Waals surface area (Å²) in [6.07, 6.45) is 4.26. The summed E-state index contributed by atoms with van der Waals surface area (Å²) in [4.78, 5) is 14.9. The lowest BCUT2D eigenvalue weighted by atomic mass is 9.92. The normalized spacial score (nSPS) is 17.6. The average Bonchev–Trinajstić information content (AvgIpc) is 2.79. The number of rotatable bonds is 5. The first kappa shape index (κ1) is 21.0. The standard InChI is InChI=1S/C23H28N2O4S/c1-29-17-18-6-8-20(9-7-18)23(26)24-12-14-25(15-13-24)30(27,28)22-11-10-19-4-2-3-5-21(19)16-22/h6-11,16H,2-5,12-15,17H2,1H3. The van der Waals surface area contributed by atoms with E-state index in [2.05, 4.69) is 0 Å². The molecule has 0 bridgehead atoms. The highest BCUT2D eigenvalue weighted by atomic mass is 32.2. The molecular formula is C23H28N2O4S. The summed E-state index contributed by atoms with van der Waals surface area (Å²) in [6.45, 7) is 1.92. The van der Waals surface area contributed by atoms with Crippen LogP contribution in [0.2, 0.25) is 0 Å². The maximum absolute atomic E-state index is 13.1. The van der Waals surface area contributed by atoms with Crippen LogP contribution in [0.25, 0.3) is 0 Å². The van der Waals surface area contributed by atoms with Gasteiger partial charge in [0.15, 0.2) is 0 Å². The monoisotopic (exact) mass is 428 g/mol. The maximum Gasteiger partial charge on any atom is 0.253 e. The SMILES string of the molecule is COCc1ccc(C(=O)N2CCN(S(=O)(=O)c3ccc4c(c3)CCCC4)CC2)cc1. The average molecular weight is 429 g/mol. The third-order valence-corrected chi connectivity index (χ3v) is 7.89. The summed E-state index contributed by atoms with van der Waals surface area (Å²) in [5.41, 5.74) is 4.05. The number of ether oxygens (including phenoxy) is 1. The largest absolute Gasteiger partial charge is 0.380 e. The highest BCUT2D eigenvalue weighted by molar-refractivity contribution is 7.89. The summed E-state index contributed by atoms with van der Waals surface area (Å²) in [6, 6.07) is 12.9. The van der Waals surface area contributed by atoms with Gasteiger partial charge in [-0.2, -0.15) is 4.31 Å². The molecule has 0 spiro atoms. The number of methoxy groups -OCH3 is 1. The van der Waals surface area contributed by atoms with Crippen molar-refractivity contribution in [2.75, 3.05) is 33.3 Å². The quantitative estimate of drug-likeness (QED) is 0.735. The van der Waals surface area contributed by atoms with E-state index in [1.54, 1.807) is 30.2 Å². The maximum atomic E-state index is 13.1. The van der Waals surface area contributed by atoms with Gasteiger partial charge in [0.25, 0.3) is 5.91 Å². The molecular weight excluding hydrogens is 400 g/mol. The van der Waals surface area contributed by atoms with E-state index in [9.17, 15) is 13.2 Å². The zero-order valence-electron chi connectivity index (χ0n) is 17.3. The predicted molar refractivity (Wildman–Crippen MR) is 115 cm³/mol. The van der Waals surface area contributed by atoms with Crippen LogP contribution in [-0.4, -0.2) is 56.8 Å². The van der Waals surface area contributed by atoms with E-state index in [-0.39, 0.29) is 5.91 Å². The number of sulfonamides is 1. The minimum Gasteiger partial charge on any atom is -0.380 e. The van der Waals surface area contributed by atoms with Crippen molar-refractivity contribution in [2.24, 2.45) is 0 Å². The van der Waals surface area contributed by atoms with Crippen molar-refractivity contribution in [2.45, 2.75) is 37.2 Å². The van der Waals surface area contributed by atoms with Gasteiger partial charge < -0.3 is 9.64 Å². The van der Waals surface area contributed by atoms with Gasteiger partial charge in [0, 0.05) is 38.9 Å². The fraction of sp³-hybridized carbons (Fsp3) is 0.435. The van der Waals surface area contributed by atoms with E-state index in [0.717, 1.165) is 30.4 Å². The smallest absolute Gasteiger partial charge is 0.253 e. The Kier molecular flexibility index (Phi) is 6.22. The minimum absolute atomic E-state index is 0.0650. The molecule has 0 saturated carbocycles. The van der Waals surface area contributed by atoms with E-state index in [0.29, 0.717) is 43.2 Å². The molecule has 0 radical (unpaired) electrons. The van der Waals surface area contributed by atoms with Gasteiger partial charge in [0.1, 0.15) is 0 Å². The van der Waals surface area contributed by atoms with Crippen molar-refractivity contribution in [1.82, 2.24) is 9.21 Å². The lowest BCUT2D eigenvalue weighted by Crippen LogP contribution is -2.50. The van der Waals surface area contributed by atoms with Crippen LogP contribution in [0.5, 0.6) is 0 Å². The minimum atomic E-state index is -3.54. The highest BCUT2D eigenvalue weighted by Crippen LogP contribution is 2.26. The third-order valence-electron chi connectivity index (χ3n) is 6.00. The predicted octanol–water partition coefficient (Wildman–Crippen LogP) is 2.86. The van der Waals surface area contributed by atoms with Crippen molar-refractivity contribution in [3.63, 3.8) is 0 Å². The number of nitrogens with zero attached hydrogens (tertiary/aromatic N) is 2. The van der Waals surface area contributed by atoms with Crippen LogP contribution in [0.15, 0.2) is 47.4 Å². The molecule has 7 heteroatoms. The Hall–Kier alpha value is -2.22. The van der Waals surface area contributed by atoms with Crippen molar-refractivity contribution in [3.05, 3.63) is 64.7 Å². The van der Waals surface area contributed by atoms with Gasteiger partial charge in [-0.1, -0.05) is 18.2 Å². The lowest BCUT2D eigenvalue weighted by Gasteiger charge is -2.34. The van der Waals surface area contributed by atoms with E-state index >= 15 is 0 Å². The molecule has 0 aromatic heterocycles. The molecule has 6 nitrogen and oxygen atoms in total. The summed E-state index contributed by atoms with van der Waals surface area (Å²) in [5.74, 6) is -0.0650. The van der Waals surface area contributed by atoms with Crippen molar-refractivity contribution in [3.8, 4) is 0 Å². The molecule has 1 aliphatic heterocycles. The molecule has 1 fully saturated rings. The van der Waals surface area contributed by atoms with Crippen LogP contribution in [0.1, 0.15) is 39.9 Å². The van der Waals surface area contributed by atoms with Gasteiger partial charge in [0.05, 0.1) is 11.5 Å². The molecule has 2 aromatic carbocycles. The molecule has 1 heterocycles. The first-order chi connectivity index (χ1) is 14.5. The van der Waals surface area contributed by atoms with Crippen molar-refractivity contribution >= 4 is 15.9 Å². The topological polar surface area (TPSA) is 66.9 Å². The number of hydrogen-bond donors (Lipinski definition) is 0. The molecule has 160 valence electrons. The second-order valence-electron chi connectivity index (χ2n) is 7.96. The lowest BCUT2D eigenvalue weighted by molar-refractivity contribution is 0.0698. The zero-order valence-corrected chi connectivity index (χ0v) is 18.2. The Morgan fingerprint density at radius 1 is 0.933 bits per heavy atom. The van der Waals surface area contributed by atoms with Gasteiger partial charge in [-0.05, 0) is 66.6 Å². The van der Waals surface area contributed by atoms with Gasteiger partial charge in [-0.25, -0.2) is 8.42 Å². The fourth-order valence-corrected chi connectivity index (χ4v) is 5.72. The molecule has 0 unspecified atom stereocenters. The van der Waals surface area contributed by atoms with Crippen LogP contribution >= 0.6 is 0 Å². The zero-order chi connectivity index (χ0) is 21.1. The number of piperazine rings is 1. The van der Waals surface area contributed by atoms with Gasteiger partial charge in [-0.15, -0.1) is 0 Å². The van der Waals surface area contributed by atoms with E-state index in [1.165, 1.54) is 16.3 Å². The number of aryl methyl sites for hydroxylation is 2. The molecule has 1 amide bonds. The number of benzene rings is 2. The molecule has 30 heavy (non-hydrogen) atoms.